The number of carbonyl (C=O) groups excluding carboxylic acids is 1. The number of carboxylic acid groups (broad SMARTS) is 1. The minimum Gasteiger partial charge on any atom is -0.480 e. The van der Waals surface area contributed by atoms with E-state index >= 15 is 0 Å². The first-order chi connectivity index (χ1) is 10.5. The van der Waals surface area contributed by atoms with Crippen molar-refractivity contribution >= 4 is 21.9 Å². The first-order valence-corrected chi connectivity index (χ1v) is 8.68. The normalized spacial score (nSPS) is 14.3. The molecule has 1 amide bonds. The standard InChI is InChI=1S/C15H22N2O5S/c1-5-15(4,14(19)20)16-13(18)11-7-6-8-12(9-11)23(21,22)17-10(2)3/h6-10,17H,5H2,1-4H3,(H,16,18)(H,19,20). The van der Waals surface area contributed by atoms with Crippen LogP contribution in [0.2, 0.25) is 0 Å². The first kappa shape index (κ1) is 19.1. The Morgan fingerprint density at radius 2 is 1.91 bits per heavy atom. The van der Waals surface area contributed by atoms with Crippen LogP contribution in [0.15, 0.2) is 29.2 Å². The molecule has 0 saturated heterocycles. The fraction of sp³-hybridized carbons (Fsp3) is 0.467. The van der Waals surface area contributed by atoms with Gasteiger partial charge >= 0.3 is 5.97 Å². The van der Waals surface area contributed by atoms with Gasteiger partial charge in [0.2, 0.25) is 10.0 Å². The van der Waals surface area contributed by atoms with Crippen LogP contribution in [0.3, 0.4) is 0 Å². The number of sulfonamides is 1. The van der Waals surface area contributed by atoms with E-state index in [1.165, 1.54) is 31.2 Å². The molecule has 0 radical (unpaired) electrons. The smallest absolute Gasteiger partial charge is 0.329 e. The van der Waals surface area contributed by atoms with Crippen molar-refractivity contribution in [3.63, 3.8) is 0 Å². The van der Waals surface area contributed by atoms with E-state index in [0.29, 0.717) is 0 Å². The molecule has 0 fully saturated rings. The van der Waals surface area contributed by atoms with Crippen LogP contribution in [-0.4, -0.2) is 37.0 Å². The Kier molecular flexibility index (Phi) is 5.90. The highest BCUT2D eigenvalue weighted by molar-refractivity contribution is 7.89. The second-order valence-electron chi connectivity index (χ2n) is 5.75. The van der Waals surface area contributed by atoms with Gasteiger partial charge < -0.3 is 10.4 Å². The van der Waals surface area contributed by atoms with E-state index in [-0.39, 0.29) is 22.9 Å². The molecule has 0 bridgehead atoms. The number of aliphatic carboxylic acids is 1. The van der Waals surface area contributed by atoms with E-state index < -0.39 is 27.4 Å². The molecule has 1 unspecified atom stereocenters. The molecule has 0 heterocycles. The average Bonchev–Trinajstić information content (AvgIpc) is 2.45. The molecular weight excluding hydrogens is 320 g/mol. The summed E-state index contributed by atoms with van der Waals surface area (Å²) >= 11 is 0. The summed E-state index contributed by atoms with van der Waals surface area (Å²) in [5, 5.41) is 11.6. The summed E-state index contributed by atoms with van der Waals surface area (Å²) < 4.78 is 26.7. The van der Waals surface area contributed by atoms with Crippen LogP contribution in [0.4, 0.5) is 0 Å². The van der Waals surface area contributed by atoms with Gasteiger partial charge in [-0.25, -0.2) is 17.9 Å². The molecule has 1 atom stereocenters. The van der Waals surface area contributed by atoms with E-state index in [2.05, 4.69) is 10.0 Å². The molecular formula is C15H22N2O5S. The molecule has 3 N–H and O–H groups in total. The highest BCUT2D eigenvalue weighted by atomic mass is 32.2. The largest absolute Gasteiger partial charge is 0.480 e. The maximum absolute atomic E-state index is 12.2. The molecule has 1 rings (SSSR count). The Hall–Kier alpha value is -1.93. The van der Waals surface area contributed by atoms with Crippen molar-refractivity contribution < 1.29 is 23.1 Å². The number of nitrogens with one attached hydrogen (secondary N) is 2. The van der Waals surface area contributed by atoms with E-state index in [0.717, 1.165) is 0 Å². The number of benzene rings is 1. The number of hydrogen-bond donors (Lipinski definition) is 3. The van der Waals surface area contributed by atoms with Gasteiger partial charge in [-0.05, 0) is 45.4 Å². The number of amides is 1. The third kappa shape index (κ3) is 4.77. The van der Waals surface area contributed by atoms with Crippen molar-refractivity contribution in [2.24, 2.45) is 0 Å². The summed E-state index contributed by atoms with van der Waals surface area (Å²) in [6.45, 7) is 6.41. The van der Waals surface area contributed by atoms with Crippen LogP contribution in [0.5, 0.6) is 0 Å². The monoisotopic (exact) mass is 342 g/mol. The van der Waals surface area contributed by atoms with Crippen molar-refractivity contribution in [2.75, 3.05) is 0 Å². The molecule has 0 aliphatic heterocycles. The number of hydrogen-bond acceptors (Lipinski definition) is 4. The minimum atomic E-state index is -3.73. The second kappa shape index (κ2) is 7.10. The van der Waals surface area contributed by atoms with E-state index in [1.807, 2.05) is 0 Å². The molecule has 128 valence electrons. The highest BCUT2D eigenvalue weighted by Crippen LogP contribution is 2.15. The maximum atomic E-state index is 12.2. The fourth-order valence-corrected chi connectivity index (χ4v) is 3.10. The lowest BCUT2D eigenvalue weighted by Crippen LogP contribution is -2.51. The highest BCUT2D eigenvalue weighted by Gasteiger charge is 2.33. The summed E-state index contributed by atoms with van der Waals surface area (Å²) in [4.78, 5) is 23.4. The summed E-state index contributed by atoms with van der Waals surface area (Å²) in [6, 6.07) is 5.18. The number of rotatable bonds is 7. The molecule has 0 aliphatic carbocycles. The third-order valence-electron chi connectivity index (χ3n) is 3.37. The Morgan fingerprint density at radius 1 is 1.30 bits per heavy atom. The zero-order valence-corrected chi connectivity index (χ0v) is 14.4. The lowest BCUT2D eigenvalue weighted by molar-refractivity contribution is -0.143. The molecule has 23 heavy (non-hydrogen) atoms. The average molecular weight is 342 g/mol. The van der Waals surface area contributed by atoms with Crippen molar-refractivity contribution in [1.82, 2.24) is 10.0 Å². The molecule has 0 saturated carbocycles. The van der Waals surface area contributed by atoms with Crippen LogP contribution in [0, 0.1) is 0 Å². The van der Waals surface area contributed by atoms with Gasteiger partial charge in [0.1, 0.15) is 5.54 Å². The van der Waals surface area contributed by atoms with Crippen molar-refractivity contribution in [1.29, 1.82) is 0 Å². The van der Waals surface area contributed by atoms with Crippen LogP contribution in [-0.2, 0) is 14.8 Å². The molecule has 8 heteroatoms. The van der Waals surface area contributed by atoms with Crippen LogP contribution in [0.1, 0.15) is 44.5 Å². The summed E-state index contributed by atoms with van der Waals surface area (Å²) in [7, 11) is -3.73. The predicted octanol–water partition coefficient (Wildman–Crippen LogP) is 1.36. The SMILES string of the molecule is CCC(C)(NC(=O)c1cccc(S(=O)(=O)NC(C)C)c1)C(=O)O. The lowest BCUT2D eigenvalue weighted by atomic mass is 9.98. The van der Waals surface area contributed by atoms with Crippen molar-refractivity contribution in [2.45, 2.75) is 50.6 Å². The van der Waals surface area contributed by atoms with Gasteiger partial charge in [0.15, 0.2) is 0 Å². The minimum absolute atomic E-state index is 0.0487. The summed E-state index contributed by atoms with van der Waals surface area (Å²) in [6.07, 6.45) is 0.195. The van der Waals surface area contributed by atoms with Gasteiger partial charge in [-0.2, -0.15) is 0 Å². The third-order valence-corrected chi connectivity index (χ3v) is 5.02. The Balaban J connectivity index is 3.10. The number of carbonyl (C=O) groups is 2. The molecule has 0 aromatic heterocycles. The molecule has 7 nitrogen and oxygen atoms in total. The molecule has 0 spiro atoms. The van der Waals surface area contributed by atoms with Crippen molar-refractivity contribution in [3.05, 3.63) is 29.8 Å². The van der Waals surface area contributed by atoms with Gasteiger partial charge in [-0.1, -0.05) is 13.0 Å². The van der Waals surface area contributed by atoms with Gasteiger partial charge in [0, 0.05) is 11.6 Å². The zero-order chi connectivity index (χ0) is 17.8. The fourth-order valence-electron chi connectivity index (χ4n) is 1.80. The summed E-state index contributed by atoms with van der Waals surface area (Å²) in [5.41, 5.74) is -1.33. The molecule has 1 aromatic rings. The molecule has 1 aromatic carbocycles. The first-order valence-electron chi connectivity index (χ1n) is 7.20. The van der Waals surface area contributed by atoms with E-state index in [9.17, 15) is 23.1 Å². The lowest BCUT2D eigenvalue weighted by Gasteiger charge is -2.24. The van der Waals surface area contributed by atoms with E-state index in [1.54, 1.807) is 20.8 Å². The Morgan fingerprint density at radius 3 is 2.39 bits per heavy atom. The van der Waals surface area contributed by atoms with Gasteiger partial charge in [0.05, 0.1) is 4.90 Å². The van der Waals surface area contributed by atoms with Crippen molar-refractivity contribution in [3.8, 4) is 0 Å². The van der Waals surface area contributed by atoms with Crippen LogP contribution >= 0.6 is 0 Å². The zero-order valence-electron chi connectivity index (χ0n) is 13.6. The van der Waals surface area contributed by atoms with Gasteiger partial charge in [-0.15, -0.1) is 0 Å². The van der Waals surface area contributed by atoms with Crippen LogP contribution in [0.25, 0.3) is 0 Å². The van der Waals surface area contributed by atoms with Gasteiger partial charge in [0.25, 0.3) is 5.91 Å². The topological polar surface area (TPSA) is 113 Å². The second-order valence-corrected chi connectivity index (χ2v) is 7.46. The van der Waals surface area contributed by atoms with E-state index in [4.69, 9.17) is 0 Å². The van der Waals surface area contributed by atoms with Crippen LogP contribution < -0.4 is 10.0 Å². The predicted molar refractivity (Wildman–Crippen MR) is 85.7 cm³/mol. The Labute approximate surface area is 136 Å². The molecule has 0 aliphatic rings. The van der Waals surface area contributed by atoms with Gasteiger partial charge in [-0.3, -0.25) is 4.79 Å². The Bertz CT molecular complexity index is 700. The number of carboxylic acids is 1. The maximum Gasteiger partial charge on any atom is 0.329 e. The summed E-state index contributed by atoms with van der Waals surface area (Å²) in [5.74, 6) is -1.79. The quantitative estimate of drug-likeness (QED) is 0.692.